The number of halogens is 1. The van der Waals surface area contributed by atoms with Gasteiger partial charge in [0.2, 0.25) is 0 Å². The Morgan fingerprint density at radius 1 is 1.17 bits per heavy atom. The molecule has 62 valence electrons. The van der Waals surface area contributed by atoms with E-state index in [-0.39, 0.29) is 42.8 Å². The molecule has 0 N–H and O–H groups in total. The van der Waals surface area contributed by atoms with Gasteiger partial charge in [-0.15, -0.1) is 12.0 Å². The molecule has 0 nitrogen and oxygen atoms in total. The molecule has 0 fully saturated rings. The molecule has 0 amide bonds. The van der Waals surface area contributed by atoms with Crippen LogP contribution in [0.2, 0.25) is 0 Å². The van der Waals surface area contributed by atoms with Crippen molar-refractivity contribution in [3.63, 3.8) is 0 Å². The van der Waals surface area contributed by atoms with Gasteiger partial charge in [0.05, 0.1) is 0 Å². The molecule has 0 spiro atoms. The summed E-state index contributed by atoms with van der Waals surface area (Å²) in [5.41, 5.74) is 2.67. The second kappa shape index (κ2) is 5.13. The first kappa shape index (κ1) is 12.3. The summed E-state index contributed by atoms with van der Waals surface area (Å²) in [6, 6.07) is 8.37. The SMILES string of the molecule is [Br-].[CH2-]C1C=Cc2ccccc21.[Hf]. The summed E-state index contributed by atoms with van der Waals surface area (Å²) >= 11 is 0. The maximum Gasteiger partial charge on any atom is 0 e. The molecule has 0 saturated heterocycles. The fourth-order valence-electron chi connectivity index (χ4n) is 1.32. The molecule has 0 aliphatic heterocycles. The molecule has 1 aromatic rings. The van der Waals surface area contributed by atoms with Gasteiger partial charge in [-0.05, 0) is 5.56 Å². The average Bonchev–Trinajstić information content (AvgIpc) is 2.34. The van der Waals surface area contributed by atoms with Crippen LogP contribution in [0.15, 0.2) is 30.3 Å². The van der Waals surface area contributed by atoms with Crippen molar-refractivity contribution in [1.29, 1.82) is 0 Å². The minimum atomic E-state index is 0. The Bertz CT molecular complexity index is 281. The van der Waals surface area contributed by atoms with Crippen LogP contribution in [0.5, 0.6) is 0 Å². The molecule has 1 aliphatic carbocycles. The van der Waals surface area contributed by atoms with Gasteiger partial charge in [0.1, 0.15) is 0 Å². The summed E-state index contributed by atoms with van der Waals surface area (Å²) in [5, 5.41) is 0. The topological polar surface area (TPSA) is 0 Å². The zero-order chi connectivity index (χ0) is 6.97. The number of hydrogen-bond acceptors (Lipinski definition) is 0. The van der Waals surface area contributed by atoms with Crippen molar-refractivity contribution in [2.45, 2.75) is 5.92 Å². The number of rotatable bonds is 0. The van der Waals surface area contributed by atoms with E-state index < -0.39 is 0 Å². The fourth-order valence-corrected chi connectivity index (χ4v) is 1.32. The summed E-state index contributed by atoms with van der Waals surface area (Å²) < 4.78 is 0. The van der Waals surface area contributed by atoms with Gasteiger partial charge < -0.3 is 23.9 Å². The zero-order valence-corrected chi connectivity index (χ0v) is 11.8. The first-order chi connectivity index (χ1) is 4.88. The molecule has 2 rings (SSSR count). The van der Waals surface area contributed by atoms with Crippen molar-refractivity contribution >= 4 is 6.08 Å². The van der Waals surface area contributed by atoms with E-state index in [1.54, 1.807) is 0 Å². The predicted molar refractivity (Wildman–Crippen MR) is 43.6 cm³/mol. The van der Waals surface area contributed by atoms with E-state index in [2.05, 4.69) is 43.3 Å². The smallest absolute Gasteiger partial charge is 0 e. The molecule has 12 heavy (non-hydrogen) atoms. The molecule has 1 aromatic carbocycles. The van der Waals surface area contributed by atoms with Gasteiger partial charge in [0.25, 0.3) is 0 Å². The fraction of sp³-hybridized carbons (Fsp3) is 0.100. The molecule has 0 heterocycles. The largest absolute Gasteiger partial charge is 1.00 e. The summed E-state index contributed by atoms with van der Waals surface area (Å²) in [7, 11) is 0. The van der Waals surface area contributed by atoms with Crippen LogP contribution in [0.4, 0.5) is 0 Å². The van der Waals surface area contributed by atoms with Crippen molar-refractivity contribution in [1.82, 2.24) is 0 Å². The molecular weight excluding hydrogens is 379 g/mol. The van der Waals surface area contributed by atoms with Crippen LogP contribution < -0.4 is 17.0 Å². The van der Waals surface area contributed by atoms with Crippen molar-refractivity contribution in [2.24, 2.45) is 0 Å². The Morgan fingerprint density at radius 2 is 1.83 bits per heavy atom. The number of hydrogen-bond donors (Lipinski definition) is 0. The van der Waals surface area contributed by atoms with E-state index in [0.29, 0.717) is 5.92 Å². The van der Waals surface area contributed by atoms with E-state index in [0.717, 1.165) is 0 Å². The molecule has 0 aromatic heterocycles. The minimum absolute atomic E-state index is 0. The first-order valence-electron chi connectivity index (χ1n) is 3.48. The van der Waals surface area contributed by atoms with Crippen LogP contribution in [0.1, 0.15) is 17.0 Å². The van der Waals surface area contributed by atoms with Gasteiger partial charge in [-0.25, -0.2) is 0 Å². The Balaban J connectivity index is 0.000000605. The second-order valence-corrected chi connectivity index (χ2v) is 2.59. The monoisotopic (exact) mass is 388 g/mol. The molecule has 0 saturated carbocycles. The quantitative estimate of drug-likeness (QED) is 0.421. The van der Waals surface area contributed by atoms with E-state index in [4.69, 9.17) is 0 Å². The van der Waals surface area contributed by atoms with Crippen LogP contribution >= 0.6 is 0 Å². The van der Waals surface area contributed by atoms with Gasteiger partial charge in [0.15, 0.2) is 0 Å². The van der Waals surface area contributed by atoms with Crippen molar-refractivity contribution < 1.29 is 42.8 Å². The van der Waals surface area contributed by atoms with E-state index in [9.17, 15) is 0 Å². The second-order valence-electron chi connectivity index (χ2n) is 2.59. The van der Waals surface area contributed by atoms with Crippen molar-refractivity contribution in [2.75, 3.05) is 0 Å². The van der Waals surface area contributed by atoms with Crippen LogP contribution in [0.25, 0.3) is 6.08 Å². The maximum atomic E-state index is 3.99. The summed E-state index contributed by atoms with van der Waals surface area (Å²) in [5.74, 6) is 0.371. The first-order valence-corrected chi connectivity index (χ1v) is 3.48. The summed E-state index contributed by atoms with van der Waals surface area (Å²) in [6.45, 7) is 3.99. The Hall–Kier alpha value is 0.310. The van der Waals surface area contributed by atoms with E-state index in [1.807, 2.05) is 0 Å². The minimum Gasteiger partial charge on any atom is -1.00 e. The third kappa shape index (κ3) is 2.17. The van der Waals surface area contributed by atoms with Gasteiger partial charge in [-0.1, -0.05) is 35.9 Å². The van der Waals surface area contributed by atoms with Gasteiger partial charge >= 0.3 is 0 Å². The Labute approximate surface area is 103 Å². The van der Waals surface area contributed by atoms with E-state index >= 15 is 0 Å². The molecule has 1 atom stereocenters. The third-order valence-electron chi connectivity index (χ3n) is 1.90. The van der Waals surface area contributed by atoms with Crippen LogP contribution in [0, 0.1) is 6.92 Å². The van der Waals surface area contributed by atoms with Crippen LogP contribution in [-0.4, -0.2) is 0 Å². The number of fused-ring (bicyclic) bond motifs is 1. The molecule has 2 heteroatoms. The van der Waals surface area contributed by atoms with Gasteiger partial charge in [-0.3, -0.25) is 0 Å². The van der Waals surface area contributed by atoms with Gasteiger partial charge in [-0.2, -0.15) is 0 Å². The number of allylic oxidation sites excluding steroid dienone is 1. The Morgan fingerprint density at radius 3 is 2.50 bits per heavy atom. The molecule has 0 radical (unpaired) electrons. The van der Waals surface area contributed by atoms with E-state index in [1.165, 1.54) is 11.1 Å². The van der Waals surface area contributed by atoms with Crippen molar-refractivity contribution in [3.05, 3.63) is 48.4 Å². The van der Waals surface area contributed by atoms with Crippen LogP contribution in [0.3, 0.4) is 0 Å². The third-order valence-corrected chi connectivity index (χ3v) is 1.90. The molecule has 1 aliphatic rings. The maximum absolute atomic E-state index is 3.99. The number of benzene rings is 1. The average molecular weight is 388 g/mol. The molecular formula is C10H9BrHf-2. The standard InChI is InChI=1S/C10H9.BrH.Hf/c1-8-6-7-9-4-2-3-5-10(8)9;;/h2-8H,1H2;1H;/q-1;;/p-1. The van der Waals surface area contributed by atoms with Gasteiger partial charge in [0, 0.05) is 25.8 Å². The van der Waals surface area contributed by atoms with Crippen LogP contribution in [-0.2, 0) is 25.8 Å². The summed E-state index contributed by atoms with van der Waals surface area (Å²) in [4.78, 5) is 0. The predicted octanol–water partition coefficient (Wildman–Crippen LogP) is -0.367. The zero-order valence-electron chi connectivity index (χ0n) is 6.63. The molecule has 1 unspecified atom stereocenters. The Kier molecular flexibility index (Phi) is 5.26. The molecule has 0 bridgehead atoms. The van der Waals surface area contributed by atoms with Crippen molar-refractivity contribution in [3.8, 4) is 0 Å². The summed E-state index contributed by atoms with van der Waals surface area (Å²) in [6.07, 6.45) is 4.26. The normalized spacial score (nSPS) is 17.6.